The Labute approximate surface area is 116 Å². The van der Waals surface area contributed by atoms with Crippen molar-refractivity contribution in [2.45, 2.75) is 25.3 Å². The first-order valence-electron chi connectivity index (χ1n) is 5.54. The number of carboxylic acid groups (broad SMARTS) is 1. The lowest BCUT2D eigenvalue weighted by Crippen LogP contribution is -2.27. The second-order valence-corrected chi connectivity index (χ2v) is 6.63. The predicted octanol–water partition coefficient (Wildman–Crippen LogP) is 0.226. The fraction of sp³-hybridized carbons (Fsp3) is 0.600. The van der Waals surface area contributed by atoms with Crippen LogP contribution in [-0.2, 0) is 21.4 Å². The van der Waals surface area contributed by atoms with E-state index in [0.717, 1.165) is 0 Å². The molecule has 0 aliphatic rings. The summed E-state index contributed by atoms with van der Waals surface area (Å²) in [5.74, 6) is -0.398. The molecule has 0 amide bonds. The Balaban J connectivity index is 3.06. The van der Waals surface area contributed by atoms with Crippen molar-refractivity contribution in [2.24, 2.45) is 0 Å². The van der Waals surface area contributed by atoms with Crippen molar-refractivity contribution >= 4 is 27.8 Å². The van der Waals surface area contributed by atoms with Crippen LogP contribution in [0.1, 0.15) is 11.4 Å². The number of hydrogen-bond donors (Lipinski definition) is 2. The minimum atomic E-state index is -3.65. The zero-order valence-corrected chi connectivity index (χ0v) is 12.6. The van der Waals surface area contributed by atoms with Gasteiger partial charge in [0, 0.05) is 12.3 Å². The number of aromatic nitrogens is 2. The van der Waals surface area contributed by atoms with Gasteiger partial charge in [0.1, 0.15) is 11.4 Å². The molecule has 2 N–H and O–H groups in total. The zero-order valence-electron chi connectivity index (χ0n) is 11.0. The first-order valence-corrected chi connectivity index (χ1v) is 8.41. The number of nitrogens with zero attached hydrogens (tertiary/aromatic N) is 2. The quantitative estimate of drug-likeness (QED) is 0.699. The molecular weight excluding hydrogens is 290 g/mol. The summed E-state index contributed by atoms with van der Waals surface area (Å²) in [6.07, 6.45) is 1.88. The molecule has 9 heteroatoms. The Morgan fingerprint density at radius 2 is 2.11 bits per heavy atom. The smallest absolute Gasteiger partial charge is 0.325 e. The maximum absolute atomic E-state index is 12.1. The highest BCUT2D eigenvalue weighted by Crippen LogP contribution is 2.19. The van der Waals surface area contributed by atoms with Crippen LogP contribution in [-0.4, -0.2) is 47.8 Å². The average Bonchev–Trinajstić information content (AvgIpc) is 2.53. The summed E-state index contributed by atoms with van der Waals surface area (Å²) in [5.41, 5.74) is 0.631. The number of carbonyl (C=O) groups is 1. The first-order chi connectivity index (χ1) is 8.79. The van der Waals surface area contributed by atoms with Gasteiger partial charge in [-0.25, -0.2) is 13.1 Å². The number of sulfonamides is 1. The van der Waals surface area contributed by atoms with Gasteiger partial charge in [-0.05, 0) is 20.1 Å². The minimum Gasteiger partial charge on any atom is -0.480 e. The van der Waals surface area contributed by atoms with Crippen LogP contribution in [0.5, 0.6) is 0 Å². The molecule has 0 radical (unpaired) electrons. The van der Waals surface area contributed by atoms with Crippen molar-refractivity contribution in [2.75, 3.05) is 18.6 Å². The van der Waals surface area contributed by atoms with E-state index in [-0.39, 0.29) is 11.4 Å². The van der Waals surface area contributed by atoms with Gasteiger partial charge in [0.05, 0.1) is 11.4 Å². The van der Waals surface area contributed by atoms with Crippen LogP contribution in [0.25, 0.3) is 0 Å². The summed E-state index contributed by atoms with van der Waals surface area (Å²) in [6, 6.07) is 0. The molecule has 19 heavy (non-hydrogen) atoms. The zero-order chi connectivity index (χ0) is 14.6. The molecule has 7 nitrogen and oxygen atoms in total. The molecule has 0 fully saturated rings. The van der Waals surface area contributed by atoms with Crippen LogP contribution in [0.15, 0.2) is 4.90 Å². The van der Waals surface area contributed by atoms with E-state index < -0.39 is 16.0 Å². The standard InChI is InChI=1S/C10H17N3O4S2/c1-7-10(19(16,17)11-4-5-18-3)8(2)13(12-7)6-9(14)15/h11H,4-6H2,1-3H3,(H,14,15). The van der Waals surface area contributed by atoms with Gasteiger partial charge in [0.2, 0.25) is 10.0 Å². The second kappa shape index (κ2) is 6.40. The Bertz CT molecular complexity index is 566. The van der Waals surface area contributed by atoms with Crippen molar-refractivity contribution in [3.05, 3.63) is 11.4 Å². The largest absolute Gasteiger partial charge is 0.480 e. The predicted molar refractivity (Wildman–Crippen MR) is 72.9 cm³/mol. The van der Waals surface area contributed by atoms with Crippen LogP contribution >= 0.6 is 11.8 Å². The number of hydrogen-bond acceptors (Lipinski definition) is 5. The summed E-state index contributed by atoms with van der Waals surface area (Å²) in [5, 5.41) is 12.7. The molecule has 0 aromatic carbocycles. The summed E-state index contributed by atoms with van der Waals surface area (Å²) >= 11 is 1.53. The van der Waals surface area contributed by atoms with Gasteiger partial charge in [-0.2, -0.15) is 16.9 Å². The molecule has 0 aliphatic carbocycles. The molecule has 0 saturated carbocycles. The van der Waals surface area contributed by atoms with Crippen LogP contribution in [0.2, 0.25) is 0 Å². The third-order valence-corrected chi connectivity index (χ3v) is 4.79. The average molecular weight is 307 g/mol. The fourth-order valence-electron chi connectivity index (χ4n) is 1.70. The van der Waals surface area contributed by atoms with Gasteiger partial charge in [0.25, 0.3) is 0 Å². The fourth-order valence-corrected chi connectivity index (χ4v) is 3.58. The van der Waals surface area contributed by atoms with E-state index in [9.17, 15) is 13.2 Å². The van der Waals surface area contributed by atoms with Crippen molar-refractivity contribution in [3.8, 4) is 0 Å². The monoisotopic (exact) mass is 307 g/mol. The molecule has 1 heterocycles. The van der Waals surface area contributed by atoms with Crippen LogP contribution in [0, 0.1) is 13.8 Å². The number of rotatable bonds is 7. The van der Waals surface area contributed by atoms with Gasteiger partial charge in [-0.15, -0.1) is 0 Å². The number of nitrogens with one attached hydrogen (secondary N) is 1. The van der Waals surface area contributed by atoms with Gasteiger partial charge in [-0.3, -0.25) is 9.48 Å². The van der Waals surface area contributed by atoms with E-state index in [1.165, 1.54) is 16.4 Å². The van der Waals surface area contributed by atoms with Gasteiger partial charge in [-0.1, -0.05) is 0 Å². The lowest BCUT2D eigenvalue weighted by Gasteiger charge is -2.06. The molecule has 0 aliphatic heterocycles. The molecule has 0 spiro atoms. The Hall–Kier alpha value is -1.06. The molecule has 0 unspecified atom stereocenters. The number of thioether (sulfide) groups is 1. The van der Waals surface area contributed by atoms with Gasteiger partial charge < -0.3 is 5.11 Å². The molecule has 1 rings (SSSR count). The summed E-state index contributed by atoms with van der Waals surface area (Å²) < 4.78 is 27.9. The Morgan fingerprint density at radius 1 is 1.47 bits per heavy atom. The second-order valence-electron chi connectivity index (χ2n) is 3.94. The summed E-state index contributed by atoms with van der Waals surface area (Å²) in [7, 11) is -3.65. The van der Waals surface area contributed by atoms with Gasteiger partial charge >= 0.3 is 5.97 Å². The summed E-state index contributed by atoms with van der Waals surface area (Å²) in [4.78, 5) is 10.7. The maximum Gasteiger partial charge on any atom is 0.325 e. The Morgan fingerprint density at radius 3 is 2.63 bits per heavy atom. The van der Waals surface area contributed by atoms with Crippen molar-refractivity contribution in [1.29, 1.82) is 0 Å². The highest BCUT2D eigenvalue weighted by Gasteiger charge is 2.24. The van der Waals surface area contributed by atoms with Gasteiger partial charge in [0.15, 0.2) is 0 Å². The highest BCUT2D eigenvalue weighted by molar-refractivity contribution is 7.98. The maximum atomic E-state index is 12.1. The number of carboxylic acids is 1. The van der Waals surface area contributed by atoms with Crippen molar-refractivity contribution in [3.63, 3.8) is 0 Å². The van der Waals surface area contributed by atoms with E-state index in [1.54, 1.807) is 13.8 Å². The highest BCUT2D eigenvalue weighted by atomic mass is 32.2. The van der Waals surface area contributed by atoms with Crippen LogP contribution in [0.4, 0.5) is 0 Å². The van der Waals surface area contributed by atoms with E-state index in [4.69, 9.17) is 5.11 Å². The third kappa shape index (κ3) is 3.95. The number of aliphatic carboxylic acids is 1. The lowest BCUT2D eigenvalue weighted by molar-refractivity contribution is -0.137. The van der Waals surface area contributed by atoms with Crippen LogP contribution in [0.3, 0.4) is 0 Å². The SMILES string of the molecule is CSCCNS(=O)(=O)c1c(C)nn(CC(=O)O)c1C. The van der Waals surface area contributed by atoms with Crippen LogP contribution < -0.4 is 4.72 Å². The topological polar surface area (TPSA) is 101 Å². The molecule has 0 atom stereocenters. The molecule has 108 valence electrons. The van der Waals surface area contributed by atoms with Crippen molar-refractivity contribution < 1.29 is 18.3 Å². The normalized spacial score (nSPS) is 11.7. The van der Waals surface area contributed by atoms with E-state index in [0.29, 0.717) is 23.7 Å². The molecule has 1 aromatic heterocycles. The Kier molecular flexibility index (Phi) is 5.39. The number of aryl methyl sites for hydroxylation is 1. The first kappa shape index (κ1) is 16.0. The third-order valence-electron chi connectivity index (χ3n) is 2.47. The molecular formula is C10H17N3O4S2. The van der Waals surface area contributed by atoms with E-state index in [1.807, 2.05) is 6.26 Å². The molecule has 1 aromatic rings. The minimum absolute atomic E-state index is 0.0647. The lowest BCUT2D eigenvalue weighted by atomic mass is 10.4. The van der Waals surface area contributed by atoms with E-state index in [2.05, 4.69) is 9.82 Å². The van der Waals surface area contributed by atoms with E-state index >= 15 is 0 Å². The molecule has 0 saturated heterocycles. The van der Waals surface area contributed by atoms with Crippen molar-refractivity contribution in [1.82, 2.24) is 14.5 Å². The summed E-state index contributed by atoms with van der Waals surface area (Å²) in [6.45, 7) is 3.07. The molecule has 0 bridgehead atoms.